The number of rotatable bonds is 3. The molecule has 84 valence electrons. The first kappa shape index (κ1) is 11.7. The standard InChI is InChI=1S/C10H18N4O/c1-7(11)9-5-12-6-14(9)8(2)10(15)13(3)4/h5-8H,11H2,1-4H3/t7-,8?/m0/s1. The molecule has 1 rings (SSSR count). The van der Waals surface area contributed by atoms with Crippen molar-refractivity contribution in [3.05, 3.63) is 18.2 Å². The van der Waals surface area contributed by atoms with E-state index in [4.69, 9.17) is 5.73 Å². The van der Waals surface area contributed by atoms with Crippen LogP contribution in [-0.2, 0) is 4.79 Å². The zero-order valence-electron chi connectivity index (χ0n) is 9.64. The Hall–Kier alpha value is -1.36. The minimum Gasteiger partial charge on any atom is -0.347 e. The summed E-state index contributed by atoms with van der Waals surface area (Å²) in [6.07, 6.45) is 3.34. The van der Waals surface area contributed by atoms with Gasteiger partial charge in [0, 0.05) is 26.3 Å². The Bertz CT molecular complexity index is 343. The van der Waals surface area contributed by atoms with Crippen molar-refractivity contribution >= 4 is 5.91 Å². The molecule has 5 nitrogen and oxygen atoms in total. The van der Waals surface area contributed by atoms with Crippen molar-refractivity contribution in [2.45, 2.75) is 25.9 Å². The molecule has 0 aliphatic rings. The predicted molar refractivity (Wildman–Crippen MR) is 58.2 cm³/mol. The molecule has 0 aliphatic heterocycles. The second kappa shape index (κ2) is 4.44. The second-order valence-corrected chi connectivity index (χ2v) is 3.92. The molecule has 0 radical (unpaired) electrons. The van der Waals surface area contributed by atoms with Crippen molar-refractivity contribution in [3.63, 3.8) is 0 Å². The van der Waals surface area contributed by atoms with E-state index in [1.54, 1.807) is 31.5 Å². The Kier molecular flexibility index (Phi) is 3.47. The molecular formula is C10H18N4O. The predicted octanol–water partition coefficient (Wildman–Crippen LogP) is 0.552. The SMILES string of the molecule is CC(C(=O)N(C)C)n1cncc1[C@H](C)N. The summed E-state index contributed by atoms with van der Waals surface area (Å²) in [5, 5.41) is 0. The highest BCUT2D eigenvalue weighted by molar-refractivity contribution is 5.79. The monoisotopic (exact) mass is 210 g/mol. The van der Waals surface area contributed by atoms with Gasteiger partial charge < -0.3 is 15.2 Å². The highest BCUT2D eigenvalue weighted by atomic mass is 16.2. The molecule has 0 saturated heterocycles. The summed E-state index contributed by atoms with van der Waals surface area (Å²) in [4.78, 5) is 17.3. The van der Waals surface area contributed by atoms with E-state index in [9.17, 15) is 4.79 Å². The molecular weight excluding hydrogens is 192 g/mol. The third kappa shape index (κ3) is 2.36. The number of carbonyl (C=O) groups is 1. The van der Waals surface area contributed by atoms with Crippen LogP contribution < -0.4 is 5.73 Å². The number of nitrogens with two attached hydrogens (primary N) is 1. The average molecular weight is 210 g/mol. The normalized spacial score (nSPS) is 14.7. The molecule has 0 fully saturated rings. The molecule has 2 N–H and O–H groups in total. The molecule has 0 spiro atoms. The number of carbonyl (C=O) groups excluding carboxylic acids is 1. The molecule has 1 amide bonds. The maximum absolute atomic E-state index is 11.8. The van der Waals surface area contributed by atoms with Gasteiger partial charge in [-0.3, -0.25) is 4.79 Å². The lowest BCUT2D eigenvalue weighted by atomic mass is 10.2. The van der Waals surface area contributed by atoms with Crippen LogP contribution >= 0.6 is 0 Å². The van der Waals surface area contributed by atoms with Crippen LogP contribution in [0.5, 0.6) is 0 Å². The van der Waals surface area contributed by atoms with Crippen molar-refractivity contribution in [3.8, 4) is 0 Å². The summed E-state index contributed by atoms with van der Waals surface area (Å²) in [6, 6.07) is -0.381. The number of aromatic nitrogens is 2. The van der Waals surface area contributed by atoms with E-state index in [2.05, 4.69) is 4.98 Å². The molecule has 1 aromatic heterocycles. The highest BCUT2D eigenvalue weighted by Gasteiger charge is 2.19. The van der Waals surface area contributed by atoms with Crippen molar-refractivity contribution < 1.29 is 4.79 Å². The fourth-order valence-corrected chi connectivity index (χ4v) is 1.48. The summed E-state index contributed by atoms with van der Waals surface area (Å²) < 4.78 is 1.81. The van der Waals surface area contributed by atoms with E-state index in [1.807, 2.05) is 18.4 Å². The van der Waals surface area contributed by atoms with E-state index in [-0.39, 0.29) is 18.0 Å². The molecule has 0 aromatic carbocycles. The van der Waals surface area contributed by atoms with Crippen molar-refractivity contribution in [1.29, 1.82) is 0 Å². The van der Waals surface area contributed by atoms with E-state index >= 15 is 0 Å². The Morgan fingerprint density at radius 2 is 2.13 bits per heavy atom. The lowest BCUT2D eigenvalue weighted by molar-refractivity contribution is -0.131. The van der Waals surface area contributed by atoms with Crippen LogP contribution in [0.2, 0.25) is 0 Å². The summed E-state index contributed by atoms with van der Waals surface area (Å²) in [5.74, 6) is 0.0369. The molecule has 1 aromatic rings. The summed E-state index contributed by atoms with van der Waals surface area (Å²) in [7, 11) is 3.47. The van der Waals surface area contributed by atoms with Crippen LogP contribution in [0.4, 0.5) is 0 Å². The summed E-state index contributed by atoms with van der Waals surface area (Å²) >= 11 is 0. The number of hydrogen-bond acceptors (Lipinski definition) is 3. The lowest BCUT2D eigenvalue weighted by Crippen LogP contribution is -2.31. The first-order chi connectivity index (χ1) is 6.95. The van der Waals surface area contributed by atoms with Crippen LogP contribution in [0.15, 0.2) is 12.5 Å². The van der Waals surface area contributed by atoms with E-state index < -0.39 is 0 Å². The van der Waals surface area contributed by atoms with Gasteiger partial charge in [0.2, 0.25) is 5.91 Å². The van der Waals surface area contributed by atoms with Gasteiger partial charge in [-0.1, -0.05) is 0 Å². The van der Waals surface area contributed by atoms with Crippen molar-refractivity contribution in [2.24, 2.45) is 5.73 Å². The number of nitrogens with zero attached hydrogens (tertiary/aromatic N) is 3. The Balaban J connectivity index is 2.96. The number of imidazole rings is 1. The molecule has 0 saturated carbocycles. The van der Waals surface area contributed by atoms with Gasteiger partial charge in [0.05, 0.1) is 12.0 Å². The van der Waals surface area contributed by atoms with E-state index in [1.165, 1.54) is 0 Å². The third-order valence-corrected chi connectivity index (χ3v) is 2.38. The second-order valence-electron chi connectivity index (χ2n) is 3.92. The minimum absolute atomic E-state index is 0.0369. The van der Waals surface area contributed by atoms with Gasteiger partial charge in [-0.25, -0.2) is 4.98 Å². The summed E-state index contributed by atoms with van der Waals surface area (Å²) in [6.45, 7) is 3.72. The molecule has 1 heterocycles. The van der Waals surface area contributed by atoms with Gasteiger partial charge in [0.25, 0.3) is 0 Å². The molecule has 5 heteroatoms. The molecule has 0 bridgehead atoms. The average Bonchev–Trinajstić information content (AvgIpc) is 2.63. The van der Waals surface area contributed by atoms with Crippen molar-refractivity contribution in [2.75, 3.05) is 14.1 Å². The van der Waals surface area contributed by atoms with Crippen LogP contribution in [0.3, 0.4) is 0 Å². The van der Waals surface area contributed by atoms with Crippen LogP contribution in [-0.4, -0.2) is 34.5 Å². The van der Waals surface area contributed by atoms with Gasteiger partial charge in [-0.05, 0) is 13.8 Å². The van der Waals surface area contributed by atoms with Crippen molar-refractivity contribution in [1.82, 2.24) is 14.5 Å². The Morgan fingerprint density at radius 3 is 2.60 bits per heavy atom. The molecule has 15 heavy (non-hydrogen) atoms. The van der Waals surface area contributed by atoms with E-state index in [0.29, 0.717) is 0 Å². The maximum Gasteiger partial charge on any atom is 0.244 e. The first-order valence-electron chi connectivity index (χ1n) is 4.93. The topological polar surface area (TPSA) is 64.2 Å². The Labute approximate surface area is 89.9 Å². The quantitative estimate of drug-likeness (QED) is 0.792. The fraction of sp³-hybridized carbons (Fsp3) is 0.600. The molecule has 2 atom stereocenters. The van der Waals surface area contributed by atoms with E-state index in [0.717, 1.165) is 5.69 Å². The van der Waals surface area contributed by atoms with Crippen LogP contribution in [0.25, 0.3) is 0 Å². The minimum atomic E-state index is -0.261. The van der Waals surface area contributed by atoms with Gasteiger partial charge in [0.1, 0.15) is 6.04 Å². The third-order valence-electron chi connectivity index (χ3n) is 2.38. The number of likely N-dealkylation sites (N-methyl/N-ethyl adjacent to an activating group) is 1. The van der Waals surface area contributed by atoms with Crippen LogP contribution in [0.1, 0.15) is 31.6 Å². The zero-order valence-corrected chi connectivity index (χ0v) is 9.64. The zero-order chi connectivity index (χ0) is 11.6. The van der Waals surface area contributed by atoms with Gasteiger partial charge in [-0.15, -0.1) is 0 Å². The molecule has 1 unspecified atom stereocenters. The number of hydrogen-bond donors (Lipinski definition) is 1. The van der Waals surface area contributed by atoms with Crippen LogP contribution in [0, 0.1) is 0 Å². The number of amides is 1. The molecule has 0 aliphatic carbocycles. The smallest absolute Gasteiger partial charge is 0.244 e. The first-order valence-corrected chi connectivity index (χ1v) is 4.93. The highest BCUT2D eigenvalue weighted by Crippen LogP contribution is 2.16. The Morgan fingerprint density at radius 1 is 1.53 bits per heavy atom. The fourth-order valence-electron chi connectivity index (χ4n) is 1.48. The summed E-state index contributed by atoms with van der Waals surface area (Å²) in [5.41, 5.74) is 6.66. The lowest BCUT2D eigenvalue weighted by Gasteiger charge is -2.20. The van der Waals surface area contributed by atoms with Gasteiger partial charge in [-0.2, -0.15) is 0 Å². The maximum atomic E-state index is 11.8. The van der Waals surface area contributed by atoms with Gasteiger partial charge >= 0.3 is 0 Å². The van der Waals surface area contributed by atoms with Gasteiger partial charge in [0.15, 0.2) is 0 Å². The largest absolute Gasteiger partial charge is 0.347 e.